The van der Waals surface area contributed by atoms with E-state index in [9.17, 15) is 15.2 Å². The predicted molar refractivity (Wildman–Crippen MR) is 115 cm³/mol. The zero-order valence-corrected chi connectivity index (χ0v) is 18.5. The molecule has 7 heteroatoms. The third-order valence-electron chi connectivity index (χ3n) is 5.63. The molecular weight excluding hydrogens is 426 g/mol. The average Bonchev–Trinajstić information content (AvgIpc) is 2.95. The molecule has 30 heavy (non-hydrogen) atoms. The number of amides is 1. The van der Waals surface area contributed by atoms with Crippen molar-refractivity contribution >= 4 is 29.3 Å². The molecule has 0 aromatic heterocycles. The molecule has 3 unspecified atom stereocenters. The van der Waals surface area contributed by atoms with Gasteiger partial charge in [0.15, 0.2) is 0 Å². The fourth-order valence-electron chi connectivity index (χ4n) is 4.63. The Morgan fingerprint density at radius 3 is 2.47 bits per heavy atom. The fraction of sp³-hybridized carbons (Fsp3) is 0.391. The van der Waals surface area contributed by atoms with Crippen LogP contribution in [0, 0.1) is 28.5 Å². The summed E-state index contributed by atoms with van der Waals surface area (Å²) >= 11 is 12.2. The summed E-state index contributed by atoms with van der Waals surface area (Å²) in [7, 11) is 0. The normalized spacial score (nSPS) is 24.0. The molecule has 0 radical (unpaired) electrons. The van der Waals surface area contributed by atoms with Crippen LogP contribution in [-0.2, 0) is 5.41 Å². The number of hydrogen-bond donors (Lipinski definition) is 1. The molecule has 1 N–H and O–H groups in total. The van der Waals surface area contributed by atoms with Crippen LogP contribution >= 0.6 is 23.2 Å². The fourth-order valence-corrected chi connectivity index (χ4v) is 4.99. The van der Waals surface area contributed by atoms with Crippen molar-refractivity contribution < 1.29 is 14.3 Å². The first-order valence-electron chi connectivity index (χ1n) is 9.61. The highest BCUT2D eigenvalue weighted by atomic mass is 35.5. The van der Waals surface area contributed by atoms with Gasteiger partial charge in [-0.05, 0) is 41.7 Å². The smallest absolute Gasteiger partial charge is 0.407 e. The molecule has 1 fully saturated rings. The number of nitrogens with zero attached hydrogens (tertiary/aromatic N) is 2. The number of nitriles is 1. The van der Waals surface area contributed by atoms with Gasteiger partial charge in [0.2, 0.25) is 0 Å². The summed E-state index contributed by atoms with van der Waals surface area (Å²) in [5.41, 5.74) is -0.941. The van der Waals surface area contributed by atoms with Gasteiger partial charge in [0, 0.05) is 28.1 Å². The summed E-state index contributed by atoms with van der Waals surface area (Å²) in [6.07, 6.45) is -0.630. The molecule has 0 bridgehead atoms. The van der Waals surface area contributed by atoms with E-state index in [1.54, 1.807) is 24.3 Å². The van der Waals surface area contributed by atoms with Crippen LogP contribution < -0.4 is 0 Å². The monoisotopic (exact) mass is 448 g/mol. The van der Waals surface area contributed by atoms with E-state index >= 15 is 4.39 Å². The van der Waals surface area contributed by atoms with Crippen LogP contribution in [0.1, 0.15) is 44.4 Å². The summed E-state index contributed by atoms with van der Waals surface area (Å²) in [5.74, 6) is -1.06. The highest BCUT2D eigenvalue weighted by molar-refractivity contribution is 6.30. The van der Waals surface area contributed by atoms with Gasteiger partial charge in [0.25, 0.3) is 0 Å². The number of carbonyl (C=O) groups is 1. The van der Waals surface area contributed by atoms with E-state index in [-0.39, 0.29) is 22.5 Å². The molecule has 158 valence electrons. The Labute approximate surface area is 185 Å². The van der Waals surface area contributed by atoms with Gasteiger partial charge in [-0.25, -0.2) is 9.18 Å². The van der Waals surface area contributed by atoms with Crippen LogP contribution in [0.5, 0.6) is 0 Å². The highest BCUT2D eigenvalue weighted by Gasteiger charge is 2.59. The van der Waals surface area contributed by atoms with Crippen LogP contribution in [0.15, 0.2) is 42.5 Å². The van der Waals surface area contributed by atoms with Crippen molar-refractivity contribution in [3.05, 3.63) is 69.5 Å². The molecule has 1 heterocycles. The van der Waals surface area contributed by atoms with Crippen molar-refractivity contribution in [1.82, 2.24) is 4.90 Å². The lowest BCUT2D eigenvalue weighted by molar-refractivity contribution is 0.134. The van der Waals surface area contributed by atoms with Gasteiger partial charge >= 0.3 is 6.09 Å². The zero-order valence-electron chi connectivity index (χ0n) is 17.0. The Kier molecular flexibility index (Phi) is 6.04. The summed E-state index contributed by atoms with van der Waals surface area (Å²) in [5, 5.41) is 21.1. The second kappa shape index (κ2) is 8.09. The maximum absolute atomic E-state index is 15.2. The first-order chi connectivity index (χ1) is 14.0. The molecule has 0 aliphatic carbocycles. The number of likely N-dealkylation sites (tertiary alicyclic amines) is 1. The number of hydrogen-bond acceptors (Lipinski definition) is 2. The molecule has 1 saturated heterocycles. The van der Waals surface area contributed by atoms with Gasteiger partial charge in [-0.3, -0.25) is 4.90 Å². The Hall–Kier alpha value is -2.29. The topological polar surface area (TPSA) is 64.3 Å². The molecule has 1 aliphatic heterocycles. The van der Waals surface area contributed by atoms with E-state index in [2.05, 4.69) is 6.07 Å². The molecule has 2 aromatic rings. The van der Waals surface area contributed by atoms with E-state index in [1.807, 2.05) is 20.8 Å². The maximum atomic E-state index is 15.2. The molecule has 1 amide bonds. The summed E-state index contributed by atoms with van der Waals surface area (Å²) < 4.78 is 15.2. The van der Waals surface area contributed by atoms with Crippen molar-refractivity contribution in [1.29, 1.82) is 5.26 Å². The minimum absolute atomic E-state index is 0.111. The average molecular weight is 449 g/mol. The quantitative estimate of drug-likeness (QED) is 0.569. The van der Waals surface area contributed by atoms with Crippen LogP contribution in [0.25, 0.3) is 0 Å². The van der Waals surface area contributed by atoms with E-state index < -0.39 is 29.3 Å². The van der Waals surface area contributed by atoms with Gasteiger partial charge in [-0.1, -0.05) is 62.2 Å². The van der Waals surface area contributed by atoms with Crippen molar-refractivity contribution in [2.75, 3.05) is 6.54 Å². The predicted octanol–water partition coefficient (Wildman–Crippen LogP) is 6.68. The Morgan fingerprint density at radius 2 is 1.93 bits per heavy atom. The molecule has 4 nitrogen and oxygen atoms in total. The van der Waals surface area contributed by atoms with Gasteiger partial charge in [0.1, 0.15) is 11.2 Å². The number of carboxylic acid groups (broad SMARTS) is 1. The largest absolute Gasteiger partial charge is 0.465 e. The van der Waals surface area contributed by atoms with Crippen molar-refractivity contribution in [2.24, 2.45) is 11.3 Å². The number of rotatable bonds is 3. The van der Waals surface area contributed by atoms with E-state index in [1.165, 1.54) is 23.1 Å². The van der Waals surface area contributed by atoms with E-state index in [4.69, 9.17) is 23.2 Å². The first kappa shape index (κ1) is 22.4. The third-order valence-corrected chi connectivity index (χ3v) is 6.10. The van der Waals surface area contributed by atoms with Crippen LogP contribution in [0.4, 0.5) is 9.18 Å². The van der Waals surface area contributed by atoms with Gasteiger partial charge in [0.05, 0.1) is 12.1 Å². The summed E-state index contributed by atoms with van der Waals surface area (Å²) in [6, 6.07) is 12.4. The minimum Gasteiger partial charge on any atom is -0.465 e. The second-order valence-electron chi connectivity index (χ2n) is 8.96. The first-order valence-corrected chi connectivity index (χ1v) is 10.4. The Morgan fingerprint density at radius 1 is 1.27 bits per heavy atom. The molecule has 0 saturated carbocycles. The summed E-state index contributed by atoms with van der Waals surface area (Å²) in [4.78, 5) is 13.5. The SMILES string of the molecule is CC(C)(C)CC1CN(C(=O)O)C(c2cccc(Cl)c2)C1(C#N)c1ccc(Cl)cc1F. The Bertz CT molecular complexity index is 1010. The molecule has 0 spiro atoms. The molecule has 3 rings (SSSR count). The standard InChI is InChI=1S/C23H23Cl2FN2O2/c1-22(2,3)11-15-12-28(21(29)30)20(14-5-4-6-16(24)9-14)23(15,13-27)18-8-7-17(25)10-19(18)26/h4-10,15,20H,11-12H2,1-3H3,(H,29,30). The zero-order chi connectivity index (χ0) is 22.3. The van der Waals surface area contributed by atoms with Gasteiger partial charge in [-0.2, -0.15) is 5.26 Å². The maximum Gasteiger partial charge on any atom is 0.407 e. The molecule has 2 aromatic carbocycles. The van der Waals surface area contributed by atoms with Crippen molar-refractivity contribution in [2.45, 2.75) is 38.6 Å². The van der Waals surface area contributed by atoms with Crippen molar-refractivity contribution in [3.8, 4) is 6.07 Å². The molecule has 3 atom stereocenters. The molecular formula is C23H23Cl2FN2O2. The van der Waals surface area contributed by atoms with Crippen LogP contribution in [-0.4, -0.2) is 22.6 Å². The lowest BCUT2D eigenvalue weighted by Crippen LogP contribution is -2.40. The third kappa shape index (κ3) is 3.99. The lowest BCUT2D eigenvalue weighted by Gasteiger charge is -2.37. The van der Waals surface area contributed by atoms with E-state index in [0.29, 0.717) is 17.0 Å². The minimum atomic E-state index is -1.44. The van der Waals surface area contributed by atoms with Gasteiger partial charge < -0.3 is 5.11 Å². The van der Waals surface area contributed by atoms with Crippen LogP contribution in [0.2, 0.25) is 10.0 Å². The second-order valence-corrected chi connectivity index (χ2v) is 9.83. The molecule has 1 aliphatic rings. The van der Waals surface area contributed by atoms with Gasteiger partial charge in [-0.15, -0.1) is 0 Å². The summed E-state index contributed by atoms with van der Waals surface area (Å²) in [6.45, 7) is 6.17. The van der Waals surface area contributed by atoms with E-state index in [0.717, 1.165) is 0 Å². The lowest BCUT2D eigenvalue weighted by atomic mass is 9.63. The Balaban J connectivity index is 2.33. The number of halogens is 3. The van der Waals surface area contributed by atoms with Crippen molar-refractivity contribution in [3.63, 3.8) is 0 Å². The highest BCUT2D eigenvalue weighted by Crippen LogP contribution is 2.55. The van der Waals surface area contributed by atoms with Crippen LogP contribution in [0.3, 0.4) is 0 Å². The number of benzene rings is 2.